The molecular weight excluding hydrogens is 166 g/mol. The van der Waals surface area contributed by atoms with Crippen LogP contribution >= 0.6 is 11.6 Å². The molecule has 0 fully saturated rings. The molecule has 1 N–H and O–H groups in total. The van der Waals surface area contributed by atoms with E-state index in [0.29, 0.717) is 17.3 Å². The largest absolute Gasteiger partial charge is 0.461 e. The van der Waals surface area contributed by atoms with Crippen LogP contribution in [-0.4, -0.2) is 17.6 Å². The molecular formula is C7H8ClNO2. The summed E-state index contributed by atoms with van der Waals surface area (Å²) >= 11 is 5.57. The highest BCUT2D eigenvalue weighted by Crippen LogP contribution is 2.09. The smallest absolute Gasteiger partial charge is 0.354 e. The van der Waals surface area contributed by atoms with Gasteiger partial charge in [0.05, 0.1) is 11.6 Å². The van der Waals surface area contributed by atoms with Gasteiger partial charge in [-0.25, -0.2) is 4.79 Å². The van der Waals surface area contributed by atoms with Gasteiger partial charge in [0, 0.05) is 6.20 Å². The second-order valence-corrected chi connectivity index (χ2v) is 2.39. The molecule has 60 valence electrons. The van der Waals surface area contributed by atoms with Crippen LogP contribution in [0.15, 0.2) is 12.3 Å². The molecule has 0 amide bonds. The molecule has 0 aromatic carbocycles. The van der Waals surface area contributed by atoms with Crippen molar-refractivity contribution in [1.82, 2.24) is 4.98 Å². The molecule has 0 radical (unpaired) electrons. The van der Waals surface area contributed by atoms with Crippen LogP contribution in [0.3, 0.4) is 0 Å². The third-order valence-electron chi connectivity index (χ3n) is 1.14. The van der Waals surface area contributed by atoms with Crippen molar-refractivity contribution in [2.45, 2.75) is 6.92 Å². The summed E-state index contributed by atoms with van der Waals surface area (Å²) in [5, 5.41) is 0.507. The molecule has 1 aromatic rings. The van der Waals surface area contributed by atoms with Crippen LogP contribution in [-0.2, 0) is 4.74 Å². The summed E-state index contributed by atoms with van der Waals surface area (Å²) in [6.45, 7) is 2.12. The molecule has 0 bridgehead atoms. The quantitative estimate of drug-likeness (QED) is 0.694. The number of H-pyrrole nitrogens is 1. The summed E-state index contributed by atoms with van der Waals surface area (Å²) in [6, 6.07) is 1.53. The first-order valence-electron chi connectivity index (χ1n) is 3.25. The molecule has 0 saturated carbocycles. The molecule has 11 heavy (non-hydrogen) atoms. The lowest BCUT2D eigenvalue weighted by atomic mass is 10.4. The number of carbonyl (C=O) groups excluding carboxylic acids is 1. The van der Waals surface area contributed by atoms with Crippen molar-refractivity contribution >= 4 is 17.6 Å². The maximum atomic E-state index is 10.9. The van der Waals surface area contributed by atoms with E-state index in [1.165, 1.54) is 12.3 Å². The molecule has 0 aliphatic carbocycles. The van der Waals surface area contributed by atoms with Crippen molar-refractivity contribution < 1.29 is 9.53 Å². The van der Waals surface area contributed by atoms with E-state index >= 15 is 0 Å². The second kappa shape index (κ2) is 3.44. The fourth-order valence-corrected chi connectivity index (χ4v) is 0.858. The number of esters is 1. The summed E-state index contributed by atoms with van der Waals surface area (Å²) in [6.07, 6.45) is 1.54. The summed E-state index contributed by atoms with van der Waals surface area (Å²) in [5.74, 6) is -0.376. The standard InChI is InChI=1S/C7H8ClNO2/c1-2-11-7(10)6-3-5(8)4-9-6/h3-4,9H,2H2,1H3. The van der Waals surface area contributed by atoms with Gasteiger partial charge in [0.15, 0.2) is 0 Å². The zero-order chi connectivity index (χ0) is 8.27. The minimum absolute atomic E-state index is 0.371. The van der Waals surface area contributed by atoms with E-state index in [1.54, 1.807) is 6.92 Å². The number of hydrogen-bond acceptors (Lipinski definition) is 2. The highest BCUT2D eigenvalue weighted by Gasteiger charge is 2.07. The molecule has 4 heteroatoms. The molecule has 0 spiro atoms. The van der Waals surface area contributed by atoms with E-state index in [4.69, 9.17) is 16.3 Å². The maximum Gasteiger partial charge on any atom is 0.354 e. The van der Waals surface area contributed by atoms with Gasteiger partial charge in [0.1, 0.15) is 5.69 Å². The fraction of sp³-hybridized carbons (Fsp3) is 0.286. The highest BCUT2D eigenvalue weighted by atomic mass is 35.5. The van der Waals surface area contributed by atoms with Crippen LogP contribution in [0, 0.1) is 0 Å². The monoisotopic (exact) mass is 173 g/mol. The number of nitrogens with one attached hydrogen (secondary N) is 1. The molecule has 1 heterocycles. The topological polar surface area (TPSA) is 42.1 Å². The van der Waals surface area contributed by atoms with Gasteiger partial charge in [0.2, 0.25) is 0 Å². The van der Waals surface area contributed by atoms with Crippen LogP contribution in [0.25, 0.3) is 0 Å². The summed E-state index contributed by atoms with van der Waals surface area (Å²) < 4.78 is 4.71. The normalized spacial score (nSPS) is 9.64. The van der Waals surface area contributed by atoms with Crippen LogP contribution < -0.4 is 0 Å². The van der Waals surface area contributed by atoms with Crippen LogP contribution in [0.1, 0.15) is 17.4 Å². The van der Waals surface area contributed by atoms with Gasteiger partial charge >= 0.3 is 5.97 Å². The Labute approximate surface area is 69.3 Å². The first-order valence-corrected chi connectivity index (χ1v) is 3.63. The molecule has 1 aromatic heterocycles. The van der Waals surface area contributed by atoms with E-state index in [2.05, 4.69) is 4.98 Å². The van der Waals surface area contributed by atoms with Gasteiger partial charge in [-0.15, -0.1) is 0 Å². The minimum Gasteiger partial charge on any atom is -0.461 e. The summed E-state index contributed by atoms with van der Waals surface area (Å²) in [7, 11) is 0. The van der Waals surface area contributed by atoms with Crippen LogP contribution in [0.2, 0.25) is 5.02 Å². The average Bonchev–Trinajstić information content (AvgIpc) is 2.36. The average molecular weight is 174 g/mol. The number of hydrogen-bond donors (Lipinski definition) is 1. The molecule has 3 nitrogen and oxygen atoms in total. The Kier molecular flexibility index (Phi) is 2.54. The first kappa shape index (κ1) is 8.14. The predicted molar refractivity (Wildman–Crippen MR) is 41.8 cm³/mol. The Balaban J connectivity index is 2.69. The van der Waals surface area contributed by atoms with Crippen molar-refractivity contribution in [2.24, 2.45) is 0 Å². The number of ether oxygens (including phenoxy) is 1. The van der Waals surface area contributed by atoms with Gasteiger partial charge in [0.25, 0.3) is 0 Å². The van der Waals surface area contributed by atoms with E-state index in [0.717, 1.165) is 0 Å². The lowest BCUT2D eigenvalue weighted by Crippen LogP contribution is -2.04. The zero-order valence-corrected chi connectivity index (χ0v) is 6.81. The van der Waals surface area contributed by atoms with Gasteiger partial charge in [-0.1, -0.05) is 11.6 Å². The molecule has 0 aliphatic rings. The van der Waals surface area contributed by atoms with Crippen molar-refractivity contribution in [1.29, 1.82) is 0 Å². The van der Waals surface area contributed by atoms with E-state index in [9.17, 15) is 4.79 Å². The van der Waals surface area contributed by atoms with Gasteiger partial charge in [-0.3, -0.25) is 0 Å². The van der Waals surface area contributed by atoms with Crippen LogP contribution in [0.4, 0.5) is 0 Å². The summed E-state index contributed by atoms with van der Waals surface area (Å²) in [4.78, 5) is 13.6. The van der Waals surface area contributed by atoms with Crippen molar-refractivity contribution in [3.63, 3.8) is 0 Å². The Bertz CT molecular complexity index is 257. The van der Waals surface area contributed by atoms with E-state index < -0.39 is 0 Å². The molecule has 0 atom stereocenters. The number of rotatable bonds is 2. The molecule has 0 unspecified atom stereocenters. The predicted octanol–water partition coefficient (Wildman–Crippen LogP) is 1.84. The van der Waals surface area contributed by atoms with Gasteiger partial charge in [-0.05, 0) is 13.0 Å². The fourth-order valence-electron chi connectivity index (χ4n) is 0.695. The first-order chi connectivity index (χ1) is 5.24. The maximum absolute atomic E-state index is 10.9. The van der Waals surface area contributed by atoms with Gasteiger partial charge < -0.3 is 9.72 Å². The Hall–Kier alpha value is -0.960. The molecule has 0 aliphatic heterocycles. The zero-order valence-electron chi connectivity index (χ0n) is 6.06. The second-order valence-electron chi connectivity index (χ2n) is 1.95. The Morgan fingerprint density at radius 3 is 3.00 bits per heavy atom. The van der Waals surface area contributed by atoms with Crippen molar-refractivity contribution in [3.8, 4) is 0 Å². The van der Waals surface area contributed by atoms with Gasteiger partial charge in [-0.2, -0.15) is 0 Å². The minimum atomic E-state index is -0.376. The molecule has 1 rings (SSSR count). The highest BCUT2D eigenvalue weighted by molar-refractivity contribution is 6.30. The summed E-state index contributed by atoms with van der Waals surface area (Å²) in [5.41, 5.74) is 0.386. The SMILES string of the molecule is CCOC(=O)c1cc(Cl)c[nH]1. The number of halogens is 1. The Morgan fingerprint density at radius 1 is 1.82 bits per heavy atom. The number of aromatic nitrogens is 1. The lowest BCUT2D eigenvalue weighted by molar-refractivity contribution is 0.0520. The number of carbonyl (C=O) groups is 1. The van der Waals surface area contributed by atoms with Crippen LogP contribution in [0.5, 0.6) is 0 Å². The molecule has 0 saturated heterocycles. The van der Waals surface area contributed by atoms with E-state index in [-0.39, 0.29) is 5.97 Å². The Morgan fingerprint density at radius 2 is 2.55 bits per heavy atom. The third-order valence-corrected chi connectivity index (χ3v) is 1.36. The third kappa shape index (κ3) is 1.98. The number of aromatic amines is 1. The lowest BCUT2D eigenvalue weighted by Gasteiger charge is -1.96. The van der Waals surface area contributed by atoms with Crippen molar-refractivity contribution in [2.75, 3.05) is 6.61 Å². The van der Waals surface area contributed by atoms with E-state index in [1.807, 2.05) is 0 Å². The van der Waals surface area contributed by atoms with Crippen molar-refractivity contribution in [3.05, 3.63) is 23.0 Å².